The van der Waals surface area contributed by atoms with Crippen molar-refractivity contribution in [2.75, 3.05) is 11.1 Å². The van der Waals surface area contributed by atoms with Crippen molar-refractivity contribution in [3.05, 3.63) is 76.6 Å². The number of anilines is 1. The number of allylic oxidation sites excluding steroid dienone is 1. The minimum atomic E-state index is -0.138. The number of para-hydroxylation sites is 1. The summed E-state index contributed by atoms with van der Waals surface area (Å²) < 4.78 is 1.55. The van der Waals surface area contributed by atoms with Crippen LogP contribution in [0.2, 0.25) is 0 Å². The van der Waals surface area contributed by atoms with Crippen LogP contribution in [-0.2, 0) is 11.3 Å². The number of carbonyl (C=O) groups is 1. The third-order valence-electron chi connectivity index (χ3n) is 4.35. The SMILES string of the molecule is C=CCn1c(SCC(=O)Nc2cccc(C)c2C)nc2ccccc2c1=O. The van der Waals surface area contributed by atoms with Gasteiger partial charge in [0.1, 0.15) is 0 Å². The molecule has 0 radical (unpaired) electrons. The quantitative estimate of drug-likeness (QED) is 0.400. The van der Waals surface area contributed by atoms with Gasteiger partial charge in [0.05, 0.1) is 16.7 Å². The third-order valence-corrected chi connectivity index (χ3v) is 5.33. The van der Waals surface area contributed by atoms with Crippen molar-refractivity contribution in [2.24, 2.45) is 0 Å². The molecular formula is C21H21N3O2S. The molecule has 0 spiro atoms. The number of fused-ring (bicyclic) bond motifs is 1. The number of carbonyl (C=O) groups excluding carboxylic acids is 1. The molecule has 0 aliphatic rings. The highest BCUT2D eigenvalue weighted by atomic mass is 32.2. The molecule has 0 saturated heterocycles. The Kier molecular flexibility index (Phi) is 5.76. The van der Waals surface area contributed by atoms with E-state index in [0.717, 1.165) is 16.8 Å². The second kappa shape index (κ2) is 8.22. The second-order valence-corrected chi connectivity index (χ2v) is 7.14. The van der Waals surface area contributed by atoms with E-state index in [9.17, 15) is 9.59 Å². The van der Waals surface area contributed by atoms with Crippen molar-refractivity contribution in [3.8, 4) is 0 Å². The van der Waals surface area contributed by atoms with Crippen molar-refractivity contribution < 1.29 is 4.79 Å². The number of nitrogens with one attached hydrogen (secondary N) is 1. The smallest absolute Gasteiger partial charge is 0.262 e. The van der Waals surface area contributed by atoms with Gasteiger partial charge >= 0.3 is 0 Å². The highest BCUT2D eigenvalue weighted by Crippen LogP contribution is 2.21. The third kappa shape index (κ3) is 4.11. The van der Waals surface area contributed by atoms with Crippen LogP contribution >= 0.6 is 11.8 Å². The summed E-state index contributed by atoms with van der Waals surface area (Å²) in [6.07, 6.45) is 1.65. The van der Waals surface area contributed by atoms with Crippen LogP contribution in [0.25, 0.3) is 10.9 Å². The van der Waals surface area contributed by atoms with Gasteiger partial charge in [0.15, 0.2) is 5.16 Å². The van der Waals surface area contributed by atoms with Crippen LogP contribution < -0.4 is 10.9 Å². The van der Waals surface area contributed by atoms with Gasteiger partial charge < -0.3 is 5.32 Å². The Morgan fingerprint density at radius 3 is 2.78 bits per heavy atom. The van der Waals surface area contributed by atoms with Gasteiger partial charge in [-0.05, 0) is 43.2 Å². The average molecular weight is 379 g/mol. The van der Waals surface area contributed by atoms with Gasteiger partial charge in [-0.2, -0.15) is 0 Å². The molecular weight excluding hydrogens is 358 g/mol. The first-order valence-electron chi connectivity index (χ1n) is 8.60. The van der Waals surface area contributed by atoms with E-state index in [2.05, 4.69) is 16.9 Å². The lowest BCUT2D eigenvalue weighted by molar-refractivity contribution is -0.113. The molecule has 3 rings (SSSR count). The minimum Gasteiger partial charge on any atom is -0.325 e. The lowest BCUT2D eigenvalue weighted by Crippen LogP contribution is -2.23. The maximum atomic E-state index is 12.7. The van der Waals surface area contributed by atoms with E-state index in [0.29, 0.717) is 22.6 Å². The first-order chi connectivity index (χ1) is 13.0. The molecule has 0 aliphatic heterocycles. The molecule has 138 valence electrons. The summed E-state index contributed by atoms with van der Waals surface area (Å²) in [5, 5.41) is 4.00. The first-order valence-corrected chi connectivity index (χ1v) is 9.59. The van der Waals surface area contributed by atoms with E-state index in [1.54, 1.807) is 22.8 Å². The Morgan fingerprint density at radius 1 is 1.22 bits per heavy atom. The van der Waals surface area contributed by atoms with Crippen LogP contribution in [-0.4, -0.2) is 21.2 Å². The summed E-state index contributed by atoms with van der Waals surface area (Å²) >= 11 is 1.25. The van der Waals surface area contributed by atoms with E-state index in [-0.39, 0.29) is 17.2 Å². The molecule has 0 aliphatic carbocycles. The summed E-state index contributed by atoms with van der Waals surface area (Å²) in [5.74, 6) is 0.0243. The largest absolute Gasteiger partial charge is 0.325 e. The Balaban J connectivity index is 1.82. The number of hydrogen-bond donors (Lipinski definition) is 1. The van der Waals surface area contributed by atoms with E-state index in [1.807, 2.05) is 44.2 Å². The van der Waals surface area contributed by atoms with Crippen molar-refractivity contribution in [1.29, 1.82) is 0 Å². The summed E-state index contributed by atoms with van der Waals surface area (Å²) in [6.45, 7) is 8.04. The van der Waals surface area contributed by atoms with Crippen LogP contribution in [0.5, 0.6) is 0 Å². The van der Waals surface area contributed by atoms with Crippen molar-refractivity contribution >= 4 is 34.3 Å². The predicted octanol–water partition coefficient (Wildman–Crippen LogP) is 3.93. The maximum absolute atomic E-state index is 12.7. The number of aryl methyl sites for hydroxylation is 1. The highest BCUT2D eigenvalue weighted by Gasteiger charge is 2.13. The monoisotopic (exact) mass is 379 g/mol. The molecule has 3 aromatic rings. The molecule has 0 fully saturated rings. The molecule has 6 heteroatoms. The second-order valence-electron chi connectivity index (χ2n) is 6.20. The van der Waals surface area contributed by atoms with Gasteiger partial charge in [-0.15, -0.1) is 6.58 Å². The van der Waals surface area contributed by atoms with E-state index in [4.69, 9.17) is 0 Å². The summed E-state index contributed by atoms with van der Waals surface area (Å²) in [4.78, 5) is 29.7. The van der Waals surface area contributed by atoms with Crippen molar-refractivity contribution in [2.45, 2.75) is 25.5 Å². The Bertz CT molecular complexity index is 1070. The molecule has 2 aromatic carbocycles. The number of hydrogen-bond acceptors (Lipinski definition) is 4. The summed E-state index contributed by atoms with van der Waals surface area (Å²) in [7, 11) is 0. The zero-order valence-corrected chi connectivity index (χ0v) is 16.2. The van der Waals surface area contributed by atoms with Crippen molar-refractivity contribution in [1.82, 2.24) is 9.55 Å². The lowest BCUT2D eigenvalue weighted by Gasteiger charge is -2.12. The van der Waals surface area contributed by atoms with E-state index >= 15 is 0 Å². The molecule has 1 amide bonds. The fourth-order valence-electron chi connectivity index (χ4n) is 2.75. The Labute approximate surface area is 162 Å². The number of nitrogens with zero attached hydrogens (tertiary/aromatic N) is 2. The van der Waals surface area contributed by atoms with Crippen LogP contribution in [0.3, 0.4) is 0 Å². The summed E-state index contributed by atoms with van der Waals surface area (Å²) in [6, 6.07) is 13.0. The van der Waals surface area contributed by atoms with Crippen molar-refractivity contribution in [3.63, 3.8) is 0 Å². The Hall–Kier alpha value is -2.86. The number of thioether (sulfide) groups is 1. The number of amides is 1. The van der Waals surface area contributed by atoms with Gasteiger partial charge in [0.2, 0.25) is 5.91 Å². The molecule has 0 unspecified atom stereocenters. The van der Waals surface area contributed by atoms with Gasteiger partial charge in [0, 0.05) is 12.2 Å². The zero-order valence-electron chi connectivity index (χ0n) is 15.4. The van der Waals surface area contributed by atoms with Gasteiger partial charge in [-0.1, -0.05) is 42.1 Å². The first kappa shape index (κ1) is 18.9. The van der Waals surface area contributed by atoms with Crippen LogP contribution in [0, 0.1) is 13.8 Å². The molecule has 0 atom stereocenters. The normalized spacial score (nSPS) is 10.7. The number of aromatic nitrogens is 2. The van der Waals surface area contributed by atoms with Gasteiger partial charge in [-0.3, -0.25) is 14.2 Å². The van der Waals surface area contributed by atoms with Crippen LogP contribution in [0.1, 0.15) is 11.1 Å². The predicted molar refractivity (Wildman–Crippen MR) is 111 cm³/mol. The van der Waals surface area contributed by atoms with Crippen LogP contribution in [0.15, 0.2) is 65.1 Å². The van der Waals surface area contributed by atoms with E-state index < -0.39 is 0 Å². The Morgan fingerprint density at radius 2 is 2.00 bits per heavy atom. The fraction of sp³-hybridized carbons (Fsp3) is 0.190. The molecule has 27 heavy (non-hydrogen) atoms. The topological polar surface area (TPSA) is 64.0 Å². The molecule has 5 nitrogen and oxygen atoms in total. The van der Waals surface area contributed by atoms with Gasteiger partial charge in [0.25, 0.3) is 5.56 Å². The molecule has 0 saturated carbocycles. The maximum Gasteiger partial charge on any atom is 0.262 e. The van der Waals surface area contributed by atoms with E-state index in [1.165, 1.54) is 11.8 Å². The van der Waals surface area contributed by atoms with Gasteiger partial charge in [-0.25, -0.2) is 4.98 Å². The minimum absolute atomic E-state index is 0.127. The lowest BCUT2D eigenvalue weighted by atomic mass is 10.1. The fourth-order valence-corrected chi connectivity index (χ4v) is 3.56. The molecule has 1 heterocycles. The number of benzene rings is 2. The van der Waals surface area contributed by atoms with Crippen LogP contribution in [0.4, 0.5) is 5.69 Å². The molecule has 0 bridgehead atoms. The molecule has 1 N–H and O–H groups in total. The number of rotatable bonds is 6. The standard InChI is InChI=1S/C21H21N3O2S/c1-4-12-24-20(26)16-9-5-6-10-18(16)23-21(24)27-13-19(25)22-17-11-7-8-14(2)15(17)3/h4-11H,1,12-13H2,2-3H3,(H,22,25). The molecule has 1 aromatic heterocycles. The highest BCUT2D eigenvalue weighted by molar-refractivity contribution is 7.99. The zero-order chi connectivity index (χ0) is 19.4. The average Bonchev–Trinajstić information content (AvgIpc) is 2.66. The summed E-state index contributed by atoms with van der Waals surface area (Å²) in [5.41, 5.74) is 3.47.